The molecule has 3 aromatic carbocycles. The van der Waals surface area contributed by atoms with Gasteiger partial charge in [0.15, 0.2) is 5.17 Å². The molecule has 35 heavy (non-hydrogen) atoms. The number of aliphatic imine (C=N–C) groups is 1. The summed E-state index contributed by atoms with van der Waals surface area (Å²) in [6.45, 7) is 0. The van der Waals surface area contributed by atoms with Crippen LogP contribution in [0.3, 0.4) is 0 Å². The Morgan fingerprint density at radius 1 is 1.00 bits per heavy atom. The van der Waals surface area contributed by atoms with Gasteiger partial charge in [-0.25, -0.2) is 5.01 Å². The number of nitrogens with zero attached hydrogens (tertiary/aromatic N) is 3. The number of aromatic hydroxyl groups is 1. The van der Waals surface area contributed by atoms with E-state index in [0.29, 0.717) is 22.2 Å². The normalized spacial score (nSPS) is 18.6. The third-order valence-corrected chi connectivity index (χ3v) is 6.83. The predicted molar refractivity (Wildman–Crippen MR) is 138 cm³/mol. The molecule has 2 aliphatic heterocycles. The Morgan fingerprint density at radius 2 is 1.74 bits per heavy atom. The molecule has 5 rings (SSSR count). The van der Waals surface area contributed by atoms with Crippen LogP contribution in [0, 0.1) is 0 Å². The molecule has 0 bridgehead atoms. The second-order valence-corrected chi connectivity index (χ2v) is 8.96. The lowest BCUT2D eigenvalue weighted by atomic mass is 9.98. The largest absolute Gasteiger partial charge is 0.508 e. The predicted octanol–water partition coefficient (Wildman–Crippen LogP) is 5.23. The first-order valence-corrected chi connectivity index (χ1v) is 11.8. The second-order valence-electron chi connectivity index (χ2n) is 7.95. The molecule has 0 aromatic heterocycles. The topological polar surface area (TPSA) is 83.7 Å². The smallest absolute Gasteiger partial charge is 0.286 e. The summed E-state index contributed by atoms with van der Waals surface area (Å²) >= 11 is 1.26. The molecule has 3 aromatic rings. The zero-order valence-corrected chi connectivity index (χ0v) is 20.0. The van der Waals surface area contributed by atoms with Gasteiger partial charge in [-0.05, 0) is 59.8 Å². The highest BCUT2D eigenvalue weighted by Crippen LogP contribution is 2.42. The molecule has 1 amide bonds. The van der Waals surface area contributed by atoms with E-state index in [9.17, 15) is 9.90 Å². The van der Waals surface area contributed by atoms with Crippen LogP contribution in [-0.4, -0.2) is 41.1 Å². The fourth-order valence-corrected chi connectivity index (χ4v) is 4.98. The first-order valence-electron chi connectivity index (χ1n) is 11.0. The van der Waals surface area contributed by atoms with Crippen molar-refractivity contribution >= 4 is 34.6 Å². The molecule has 0 aliphatic carbocycles. The average Bonchev–Trinajstić information content (AvgIpc) is 3.48. The van der Waals surface area contributed by atoms with Crippen LogP contribution >= 0.6 is 11.8 Å². The summed E-state index contributed by atoms with van der Waals surface area (Å²) in [6, 6.07) is 22.0. The van der Waals surface area contributed by atoms with Crippen LogP contribution in [0.15, 0.2) is 87.8 Å². The number of carbonyl (C=O) groups excluding carboxylic acids is 1. The van der Waals surface area contributed by atoms with Gasteiger partial charge in [-0.2, -0.15) is 10.1 Å². The van der Waals surface area contributed by atoms with Crippen LogP contribution in [0.1, 0.15) is 29.2 Å². The zero-order valence-electron chi connectivity index (χ0n) is 19.2. The molecule has 176 valence electrons. The molecule has 7 nitrogen and oxygen atoms in total. The minimum Gasteiger partial charge on any atom is -0.508 e. The summed E-state index contributed by atoms with van der Waals surface area (Å²) in [5.74, 6) is 1.28. The monoisotopic (exact) mass is 485 g/mol. The van der Waals surface area contributed by atoms with Gasteiger partial charge in [0.25, 0.3) is 5.91 Å². The van der Waals surface area contributed by atoms with Crippen molar-refractivity contribution in [2.75, 3.05) is 14.2 Å². The van der Waals surface area contributed by atoms with E-state index in [1.54, 1.807) is 37.4 Å². The summed E-state index contributed by atoms with van der Waals surface area (Å²) in [6.07, 6.45) is 2.32. The van der Waals surface area contributed by atoms with Gasteiger partial charge >= 0.3 is 0 Å². The van der Waals surface area contributed by atoms with E-state index in [-0.39, 0.29) is 17.7 Å². The fourth-order valence-electron chi connectivity index (χ4n) is 4.08. The van der Waals surface area contributed by atoms with Crippen molar-refractivity contribution in [3.63, 3.8) is 0 Å². The molecule has 2 heterocycles. The number of hydrazone groups is 1. The summed E-state index contributed by atoms with van der Waals surface area (Å²) in [5, 5.41) is 17.6. The van der Waals surface area contributed by atoms with Crippen molar-refractivity contribution in [3.05, 3.63) is 94.4 Å². The lowest BCUT2D eigenvalue weighted by molar-refractivity contribution is -0.113. The number of para-hydroxylation sites is 2. The van der Waals surface area contributed by atoms with Crippen molar-refractivity contribution in [3.8, 4) is 17.2 Å². The standard InChI is InChI=1S/C27H23N3O4S/c1-33-19-13-11-17(12-14-19)21-16-22(20-8-4-5-9-23(20)31)30(29-21)27-28-26(32)25(35-27)15-18-7-3-6-10-24(18)34-2/h3-15,22,31H,16H2,1-2H3/b25-15-. The number of carbonyl (C=O) groups is 1. The molecule has 1 atom stereocenters. The van der Waals surface area contributed by atoms with Crippen molar-refractivity contribution in [1.82, 2.24) is 5.01 Å². The number of rotatable bonds is 5. The molecule has 0 saturated heterocycles. The third-order valence-electron chi connectivity index (χ3n) is 5.86. The first-order chi connectivity index (χ1) is 17.1. The first kappa shape index (κ1) is 22.7. The summed E-state index contributed by atoms with van der Waals surface area (Å²) in [7, 11) is 3.22. The molecular weight excluding hydrogens is 462 g/mol. The van der Waals surface area contributed by atoms with Gasteiger partial charge in [0, 0.05) is 17.5 Å². The Balaban J connectivity index is 1.50. The molecule has 8 heteroatoms. The van der Waals surface area contributed by atoms with Crippen LogP contribution in [0.4, 0.5) is 0 Å². The van der Waals surface area contributed by atoms with E-state index >= 15 is 0 Å². The van der Waals surface area contributed by atoms with Gasteiger partial charge < -0.3 is 14.6 Å². The van der Waals surface area contributed by atoms with Crippen molar-refractivity contribution < 1.29 is 19.4 Å². The summed E-state index contributed by atoms with van der Waals surface area (Å²) < 4.78 is 10.7. The van der Waals surface area contributed by atoms with Gasteiger partial charge in [-0.15, -0.1) is 0 Å². The quantitative estimate of drug-likeness (QED) is 0.498. The van der Waals surface area contributed by atoms with Crippen molar-refractivity contribution in [2.24, 2.45) is 10.1 Å². The van der Waals surface area contributed by atoms with Crippen LogP contribution < -0.4 is 9.47 Å². The number of ether oxygens (including phenoxy) is 2. The maximum absolute atomic E-state index is 12.8. The Bertz CT molecular complexity index is 1360. The Hall–Kier alpha value is -4.04. The van der Waals surface area contributed by atoms with E-state index < -0.39 is 0 Å². The van der Waals surface area contributed by atoms with Crippen LogP contribution in [0.5, 0.6) is 17.2 Å². The summed E-state index contributed by atoms with van der Waals surface area (Å²) in [4.78, 5) is 17.6. The minimum absolute atomic E-state index is 0.174. The number of hydrogen-bond acceptors (Lipinski definition) is 7. The lowest BCUT2D eigenvalue weighted by Gasteiger charge is -2.23. The maximum atomic E-state index is 12.8. The van der Waals surface area contributed by atoms with E-state index in [1.807, 2.05) is 60.7 Å². The molecule has 0 spiro atoms. The van der Waals surface area contributed by atoms with Crippen molar-refractivity contribution in [2.45, 2.75) is 12.5 Å². The summed E-state index contributed by atoms with van der Waals surface area (Å²) in [5.41, 5.74) is 3.29. The highest BCUT2D eigenvalue weighted by Gasteiger charge is 2.37. The van der Waals surface area contributed by atoms with E-state index in [1.165, 1.54) is 11.8 Å². The molecule has 2 aliphatic rings. The van der Waals surface area contributed by atoms with E-state index in [2.05, 4.69) is 4.99 Å². The zero-order chi connectivity index (χ0) is 24.4. The number of benzene rings is 3. The van der Waals surface area contributed by atoms with E-state index in [0.717, 1.165) is 28.2 Å². The number of phenolic OH excluding ortho intramolecular Hbond substituents is 1. The van der Waals surface area contributed by atoms with Crippen LogP contribution in [0.2, 0.25) is 0 Å². The molecule has 0 radical (unpaired) electrons. The van der Waals surface area contributed by atoms with Gasteiger partial charge in [-0.1, -0.05) is 36.4 Å². The van der Waals surface area contributed by atoms with Gasteiger partial charge in [0.1, 0.15) is 17.2 Å². The third kappa shape index (κ3) is 4.52. The second kappa shape index (κ2) is 9.68. The molecule has 1 unspecified atom stereocenters. The molecule has 0 fully saturated rings. The molecular formula is C27H23N3O4S. The SMILES string of the molecule is COc1ccc(C2=NN(C3=NC(=O)/C(=C/c4ccccc4OC)S3)C(c3ccccc3O)C2)cc1. The Morgan fingerprint density at radius 3 is 2.49 bits per heavy atom. The molecule has 1 N–H and O–H groups in total. The maximum Gasteiger partial charge on any atom is 0.286 e. The Labute approximate surface area is 207 Å². The molecule has 0 saturated carbocycles. The van der Waals surface area contributed by atoms with Gasteiger partial charge in [0.05, 0.1) is 30.9 Å². The number of thioether (sulfide) groups is 1. The van der Waals surface area contributed by atoms with Crippen molar-refractivity contribution in [1.29, 1.82) is 0 Å². The van der Waals surface area contributed by atoms with Crippen LogP contribution in [-0.2, 0) is 4.79 Å². The highest BCUT2D eigenvalue weighted by molar-refractivity contribution is 8.18. The number of amides is 1. The number of amidine groups is 1. The van der Waals surface area contributed by atoms with Crippen LogP contribution in [0.25, 0.3) is 6.08 Å². The lowest BCUT2D eigenvalue weighted by Crippen LogP contribution is -2.23. The average molecular weight is 486 g/mol. The van der Waals surface area contributed by atoms with Gasteiger partial charge in [0.2, 0.25) is 0 Å². The van der Waals surface area contributed by atoms with Gasteiger partial charge in [-0.3, -0.25) is 4.79 Å². The Kier molecular flexibility index (Phi) is 6.29. The number of hydrogen-bond donors (Lipinski definition) is 1. The fraction of sp³-hybridized carbons (Fsp3) is 0.148. The highest BCUT2D eigenvalue weighted by atomic mass is 32.2. The number of methoxy groups -OCH3 is 2. The minimum atomic E-state index is -0.333. The number of phenols is 1. The van der Waals surface area contributed by atoms with E-state index in [4.69, 9.17) is 14.6 Å².